The normalized spacial score (nSPS) is 10.9. The zero-order valence-corrected chi connectivity index (χ0v) is 14.3. The number of hydrogen-bond donors (Lipinski definition) is 0. The number of aryl methyl sites for hydroxylation is 1. The molecule has 0 aliphatic carbocycles. The van der Waals surface area contributed by atoms with E-state index in [0.717, 1.165) is 16.9 Å². The molecule has 1 amide bonds. The van der Waals surface area contributed by atoms with Crippen LogP contribution in [-0.4, -0.2) is 10.8 Å². The van der Waals surface area contributed by atoms with E-state index in [-0.39, 0.29) is 5.91 Å². The molecule has 0 spiro atoms. The van der Waals surface area contributed by atoms with Gasteiger partial charge < -0.3 is 9.32 Å². The number of carbonyl (C=O) groups is 1. The molecule has 25 heavy (non-hydrogen) atoms. The van der Waals surface area contributed by atoms with E-state index in [4.69, 9.17) is 4.42 Å². The van der Waals surface area contributed by atoms with Crippen LogP contribution in [0, 0.1) is 6.92 Å². The SMILES string of the molecule is Cc1cccc(C=CC(=O)N(Cc2ccccc2)Cc2ccco2)c1. The molecule has 3 heteroatoms. The first-order valence-electron chi connectivity index (χ1n) is 8.31. The van der Waals surface area contributed by atoms with Gasteiger partial charge in [0.15, 0.2) is 0 Å². The Labute approximate surface area is 148 Å². The molecule has 3 rings (SSSR count). The summed E-state index contributed by atoms with van der Waals surface area (Å²) in [6, 6.07) is 21.8. The van der Waals surface area contributed by atoms with E-state index in [1.807, 2.05) is 73.7 Å². The lowest BCUT2D eigenvalue weighted by Crippen LogP contribution is -2.28. The Morgan fingerprint density at radius 3 is 2.56 bits per heavy atom. The molecule has 2 aromatic carbocycles. The Hall–Kier alpha value is -3.07. The number of hydrogen-bond acceptors (Lipinski definition) is 2. The molecule has 3 aromatic rings. The molecule has 0 atom stereocenters. The monoisotopic (exact) mass is 331 g/mol. The Balaban J connectivity index is 1.76. The quantitative estimate of drug-likeness (QED) is 0.606. The van der Waals surface area contributed by atoms with Crippen LogP contribution in [0.5, 0.6) is 0 Å². The average molecular weight is 331 g/mol. The van der Waals surface area contributed by atoms with Crippen LogP contribution in [0.1, 0.15) is 22.5 Å². The van der Waals surface area contributed by atoms with Crippen molar-refractivity contribution in [1.82, 2.24) is 4.90 Å². The Bertz CT molecular complexity index is 835. The van der Waals surface area contributed by atoms with E-state index < -0.39 is 0 Å². The van der Waals surface area contributed by atoms with Crippen molar-refractivity contribution in [3.63, 3.8) is 0 Å². The van der Waals surface area contributed by atoms with E-state index in [2.05, 4.69) is 6.07 Å². The minimum absolute atomic E-state index is 0.0400. The van der Waals surface area contributed by atoms with Crippen molar-refractivity contribution in [3.05, 3.63) is 102 Å². The average Bonchev–Trinajstić information content (AvgIpc) is 3.13. The molecule has 0 fully saturated rings. The molecular weight excluding hydrogens is 310 g/mol. The molecule has 0 saturated carbocycles. The van der Waals surface area contributed by atoms with Gasteiger partial charge in [0.1, 0.15) is 5.76 Å². The van der Waals surface area contributed by atoms with Crippen LogP contribution in [0.2, 0.25) is 0 Å². The van der Waals surface area contributed by atoms with Gasteiger partial charge >= 0.3 is 0 Å². The van der Waals surface area contributed by atoms with Gasteiger partial charge in [-0.05, 0) is 36.3 Å². The standard InChI is InChI=1S/C22H21NO2/c1-18-7-5-10-19(15-18)12-13-22(24)23(17-21-11-6-14-25-21)16-20-8-3-2-4-9-20/h2-15H,16-17H2,1H3. The third-order valence-corrected chi connectivity index (χ3v) is 3.92. The number of furan rings is 1. The summed E-state index contributed by atoms with van der Waals surface area (Å²) < 4.78 is 5.41. The molecule has 1 heterocycles. The first kappa shape index (κ1) is 16.8. The molecule has 0 aliphatic rings. The van der Waals surface area contributed by atoms with Gasteiger partial charge in [0.2, 0.25) is 5.91 Å². The van der Waals surface area contributed by atoms with Crippen LogP contribution in [0.3, 0.4) is 0 Å². The van der Waals surface area contributed by atoms with Crippen molar-refractivity contribution in [2.75, 3.05) is 0 Å². The van der Waals surface area contributed by atoms with E-state index in [9.17, 15) is 4.79 Å². The minimum Gasteiger partial charge on any atom is -0.467 e. The third kappa shape index (κ3) is 4.95. The molecule has 3 nitrogen and oxygen atoms in total. The van der Waals surface area contributed by atoms with Gasteiger partial charge in [-0.25, -0.2) is 0 Å². The maximum atomic E-state index is 12.7. The number of nitrogens with zero attached hydrogens (tertiary/aromatic N) is 1. The Kier molecular flexibility index (Phi) is 5.47. The second-order valence-electron chi connectivity index (χ2n) is 6.01. The van der Waals surface area contributed by atoms with Gasteiger partial charge in [-0.1, -0.05) is 60.2 Å². The van der Waals surface area contributed by atoms with Gasteiger partial charge in [0.05, 0.1) is 12.8 Å². The topological polar surface area (TPSA) is 33.5 Å². The van der Waals surface area contributed by atoms with Gasteiger partial charge in [-0.2, -0.15) is 0 Å². The lowest BCUT2D eigenvalue weighted by Gasteiger charge is -2.20. The summed E-state index contributed by atoms with van der Waals surface area (Å²) in [6.45, 7) is 3.02. The molecular formula is C22H21NO2. The molecule has 1 aromatic heterocycles. The van der Waals surface area contributed by atoms with Crippen molar-refractivity contribution in [3.8, 4) is 0 Å². The lowest BCUT2D eigenvalue weighted by molar-refractivity contribution is -0.127. The maximum Gasteiger partial charge on any atom is 0.247 e. The summed E-state index contributed by atoms with van der Waals surface area (Å²) in [5.74, 6) is 0.731. The van der Waals surface area contributed by atoms with Gasteiger partial charge in [0, 0.05) is 12.6 Å². The third-order valence-electron chi connectivity index (χ3n) is 3.92. The second-order valence-corrected chi connectivity index (χ2v) is 6.01. The highest BCUT2D eigenvalue weighted by Gasteiger charge is 2.13. The fourth-order valence-electron chi connectivity index (χ4n) is 2.65. The van der Waals surface area contributed by atoms with E-state index >= 15 is 0 Å². The van der Waals surface area contributed by atoms with E-state index in [1.165, 1.54) is 5.56 Å². The fraction of sp³-hybridized carbons (Fsp3) is 0.136. The number of rotatable bonds is 6. The van der Waals surface area contributed by atoms with Crippen molar-refractivity contribution in [1.29, 1.82) is 0 Å². The minimum atomic E-state index is -0.0400. The first-order chi connectivity index (χ1) is 12.2. The summed E-state index contributed by atoms with van der Waals surface area (Å²) in [7, 11) is 0. The van der Waals surface area contributed by atoms with Gasteiger partial charge in [-0.3, -0.25) is 4.79 Å². The highest BCUT2D eigenvalue weighted by atomic mass is 16.3. The van der Waals surface area contributed by atoms with Crippen LogP contribution >= 0.6 is 0 Å². The van der Waals surface area contributed by atoms with E-state index in [1.54, 1.807) is 17.2 Å². The van der Waals surface area contributed by atoms with E-state index in [0.29, 0.717) is 13.1 Å². The molecule has 0 aliphatic heterocycles. The van der Waals surface area contributed by atoms with Crippen molar-refractivity contribution < 1.29 is 9.21 Å². The predicted molar refractivity (Wildman–Crippen MR) is 99.6 cm³/mol. The van der Waals surface area contributed by atoms with Crippen LogP contribution in [-0.2, 0) is 17.9 Å². The first-order valence-corrected chi connectivity index (χ1v) is 8.31. The smallest absolute Gasteiger partial charge is 0.247 e. The van der Waals surface area contributed by atoms with Crippen LogP contribution in [0.15, 0.2) is 83.5 Å². The molecule has 0 unspecified atom stereocenters. The number of benzene rings is 2. The molecule has 0 radical (unpaired) electrons. The molecule has 126 valence electrons. The highest BCUT2D eigenvalue weighted by Crippen LogP contribution is 2.12. The number of amides is 1. The molecule has 0 N–H and O–H groups in total. The maximum absolute atomic E-state index is 12.7. The fourth-order valence-corrected chi connectivity index (χ4v) is 2.65. The Morgan fingerprint density at radius 2 is 1.84 bits per heavy atom. The summed E-state index contributed by atoms with van der Waals surface area (Å²) in [6.07, 6.45) is 5.11. The largest absolute Gasteiger partial charge is 0.467 e. The predicted octanol–water partition coefficient (Wildman–Crippen LogP) is 4.83. The summed E-state index contributed by atoms with van der Waals surface area (Å²) >= 11 is 0. The Morgan fingerprint density at radius 1 is 1.00 bits per heavy atom. The molecule has 0 saturated heterocycles. The second kappa shape index (κ2) is 8.15. The summed E-state index contributed by atoms with van der Waals surface area (Å²) in [5, 5.41) is 0. The van der Waals surface area contributed by atoms with Crippen LogP contribution < -0.4 is 0 Å². The van der Waals surface area contributed by atoms with Crippen molar-refractivity contribution >= 4 is 12.0 Å². The summed E-state index contributed by atoms with van der Waals surface area (Å²) in [5.41, 5.74) is 3.28. The van der Waals surface area contributed by atoms with Crippen LogP contribution in [0.25, 0.3) is 6.08 Å². The van der Waals surface area contributed by atoms with Crippen molar-refractivity contribution in [2.24, 2.45) is 0 Å². The summed E-state index contributed by atoms with van der Waals surface area (Å²) in [4.78, 5) is 14.5. The molecule has 0 bridgehead atoms. The zero-order chi connectivity index (χ0) is 17.5. The lowest BCUT2D eigenvalue weighted by atomic mass is 10.1. The zero-order valence-electron chi connectivity index (χ0n) is 14.3. The number of carbonyl (C=O) groups excluding carboxylic acids is 1. The van der Waals surface area contributed by atoms with Crippen molar-refractivity contribution in [2.45, 2.75) is 20.0 Å². The highest BCUT2D eigenvalue weighted by molar-refractivity contribution is 5.91. The van der Waals surface area contributed by atoms with Crippen LogP contribution in [0.4, 0.5) is 0 Å². The van der Waals surface area contributed by atoms with Gasteiger partial charge in [-0.15, -0.1) is 0 Å². The van der Waals surface area contributed by atoms with Gasteiger partial charge in [0.25, 0.3) is 0 Å².